The van der Waals surface area contributed by atoms with Crippen LogP contribution in [-0.2, 0) is 11.4 Å². The van der Waals surface area contributed by atoms with E-state index < -0.39 is 0 Å². The van der Waals surface area contributed by atoms with Gasteiger partial charge in [0.25, 0.3) is 5.91 Å². The Bertz CT molecular complexity index is 963. The van der Waals surface area contributed by atoms with E-state index in [0.29, 0.717) is 31.7 Å². The summed E-state index contributed by atoms with van der Waals surface area (Å²) in [5.74, 6) is 0.694. The van der Waals surface area contributed by atoms with Crippen molar-refractivity contribution in [3.8, 4) is 11.5 Å². The Hall–Kier alpha value is -1.90. The highest BCUT2D eigenvalue weighted by molar-refractivity contribution is 9.10. The molecule has 152 valence electrons. The lowest BCUT2D eigenvalue weighted by atomic mass is 10.1. The van der Waals surface area contributed by atoms with Gasteiger partial charge >= 0.3 is 0 Å². The minimum Gasteiger partial charge on any atom is -0.493 e. The second-order valence-corrected chi connectivity index (χ2v) is 8.81. The number of thiocarbonyl (C=S) groups is 1. The number of methoxy groups -OCH3 is 1. The van der Waals surface area contributed by atoms with Crippen LogP contribution in [0.3, 0.4) is 0 Å². The van der Waals surface area contributed by atoms with Crippen LogP contribution in [0.25, 0.3) is 6.08 Å². The van der Waals surface area contributed by atoms with E-state index in [4.69, 9.17) is 21.7 Å². The zero-order chi connectivity index (χ0) is 21.0. The van der Waals surface area contributed by atoms with Gasteiger partial charge in [0.1, 0.15) is 16.7 Å². The summed E-state index contributed by atoms with van der Waals surface area (Å²) in [6.07, 6.45) is 2.64. The number of amides is 1. The smallest absolute Gasteiger partial charge is 0.266 e. The molecule has 0 radical (unpaired) electrons. The van der Waals surface area contributed by atoms with Crippen molar-refractivity contribution in [1.82, 2.24) is 4.90 Å². The summed E-state index contributed by atoms with van der Waals surface area (Å²) >= 11 is 10.1. The van der Waals surface area contributed by atoms with E-state index in [-0.39, 0.29) is 18.3 Å². The molecule has 2 aromatic rings. The largest absolute Gasteiger partial charge is 0.493 e. The van der Waals surface area contributed by atoms with E-state index in [9.17, 15) is 9.18 Å². The van der Waals surface area contributed by atoms with Gasteiger partial charge in [-0.25, -0.2) is 4.39 Å². The van der Waals surface area contributed by atoms with E-state index in [1.165, 1.54) is 23.9 Å². The maximum Gasteiger partial charge on any atom is 0.266 e. The van der Waals surface area contributed by atoms with Gasteiger partial charge in [0, 0.05) is 6.54 Å². The quantitative estimate of drug-likeness (QED) is 0.359. The number of halogens is 2. The van der Waals surface area contributed by atoms with Crippen molar-refractivity contribution in [2.45, 2.75) is 20.0 Å². The molecule has 1 amide bonds. The van der Waals surface area contributed by atoms with Crippen molar-refractivity contribution < 1.29 is 18.7 Å². The summed E-state index contributed by atoms with van der Waals surface area (Å²) < 4.78 is 25.7. The molecule has 0 unspecified atom stereocenters. The number of rotatable bonds is 7. The topological polar surface area (TPSA) is 38.8 Å². The maximum absolute atomic E-state index is 13.1. The molecule has 29 heavy (non-hydrogen) atoms. The fraction of sp³-hybridized carbons (Fsp3) is 0.238. The number of carbonyl (C=O) groups is 1. The van der Waals surface area contributed by atoms with E-state index in [1.807, 2.05) is 13.0 Å². The molecule has 1 aliphatic rings. The normalized spacial score (nSPS) is 15.3. The fourth-order valence-corrected chi connectivity index (χ4v) is 4.65. The van der Waals surface area contributed by atoms with Gasteiger partial charge in [0.2, 0.25) is 0 Å². The molecular weight excluding hydrogens is 477 g/mol. The molecule has 1 heterocycles. The van der Waals surface area contributed by atoms with Crippen LogP contribution in [0.1, 0.15) is 24.5 Å². The molecule has 4 nitrogen and oxygen atoms in total. The Kier molecular flexibility index (Phi) is 7.32. The third-order valence-corrected chi connectivity index (χ3v) is 6.13. The van der Waals surface area contributed by atoms with Gasteiger partial charge in [-0.1, -0.05) is 43.0 Å². The Morgan fingerprint density at radius 1 is 1.28 bits per heavy atom. The molecule has 1 fully saturated rings. The first kappa shape index (κ1) is 21.8. The Morgan fingerprint density at radius 2 is 2.00 bits per heavy atom. The standard InChI is InChI=1S/C21H19BrFNO3S2/c1-3-8-24-20(25)18(29-21(24)28)11-14-9-16(22)19(17(10-14)26-2)27-12-13-4-6-15(23)7-5-13/h4-7,9-11H,3,8,12H2,1-2H3/b18-11+. The molecule has 0 aromatic heterocycles. The van der Waals surface area contributed by atoms with Crippen molar-refractivity contribution in [3.05, 3.63) is 62.7 Å². The number of carbonyl (C=O) groups excluding carboxylic acids is 1. The van der Waals surface area contributed by atoms with Crippen LogP contribution in [-0.4, -0.2) is 28.8 Å². The lowest BCUT2D eigenvalue weighted by Crippen LogP contribution is -2.28. The predicted octanol–water partition coefficient (Wildman–Crippen LogP) is 5.79. The fourth-order valence-electron chi connectivity index (χ4n) is 2.77. The van der Waals surface area contributed by atoms with Gasteiger partial charge in [-0.2, -0.15) is 0 Å². The molecule has 0 bridgehead atoms. The van der Waals surface area contributed by atoms with Crippen LogP contribution in [0.2, 0.25) is 0 Å². The highest BCUT2D eigenvalue weighted by Gasteiger charge is 2.31. The Morgan fingerprint density at radius 3 is 2.66 bits per heavy atom. The number of hydrogen-bond donors (Lipinski definition) is 0. The van der Waals surface area contributed by atoms with E-state index in [2.05, 4.69) is 15.9 Å². The summed E-state index contributed by atoms with van der Waals surface area (Å²) in [6.45, 7) is 2.89. The van der Waals surface area contributed by atoms with Crippen molar-refractivity contribution in [2.75, 3.05) is 13.7 Å². The minimum atomic E-state index is -0.291. The second kappa shape index (κ2) is 9.73. The first-order chi connectivity index (χ1) is 13.9. The number of thioether (sulfide) groups is 1. The van der Waals surface area contributed by atoms with Gasteiger partial charge in [-0.3, -0.25) is 9.69 Å². The summed E-state index contributed by atoms with van der Waals surface area (Å²) in [7, 11) is 1.55. The molecule has 0 spiro atoms. The Labute approximate surface area is 187 Å². The summed E-state index contributed by atoms with van der Waals surface area (Å²) in [5.41, 5.74) is 1.63. The van der Waals surface area contributed by atoms with Crippen LogP contribution in [0, 0.1) is 5.82 Å². The minimum absolute atomic E-state index is 0.0754. The van der Waals surface area contributed by atoms with Crippen LogP contribution < -0.4 is 9.47 Å². The molecule has 2 aromatic carbocycles. The zero-order valence-electron chi connectivity index (χ0n) is 15.9. The average molecular weight is 496 g/mol. The highest BCUT2D eigenvalue weighted by Crippen LogP contribution is 2.39. The SMILES string of the molecule is CCCN1C(=O)/C(=C\c2cc(Br)c(OCc3ccc(F)cc3)c(OC)c2)SC1=S. The molecule has 0 atom stereocenters. The van der Waals surface area contributed by atoms with Crippen molar-refractivity contribution in [2.24, 2.45) is 0 Å². The number of nitrogens with zero attached hydrogens (tertiary/aromatic N) is 1. The third kappa shape index (κ3) is 5.18. The molecule has 0 aliphatic carbocycles. The highest BCUT2D eigenvalue weighted by atomic mass is 79.9. The monoisotopic (exact) mass is 495 g/mol. The van der Waals surface area contributed by atoms with E-state index >= 15 is 0 Å². The van der Waals surface area contributed by atoms with Crippen LogP contribution in [0.4, 0.5) is 4.39 Å². The molecular formula is C21H19BrFNO3S2. The summed E-state index contributed by atoms with van der Waals surface area (Å²) in [4.78, 5) is 14.8. The second-order valence-electron chi connectivity index (χ2n) is 6.28. The van der Waals surface area contributed by atoms with Gasteiger partial charge in [0.05, 0.1) is 16.5 Å². The van der Waals surface area contributed by atoms with Crippen molar-refractivity contribution >= 4 is 56.2 Å². The van der Waals surface area contributed by atoms with Crippen LogP contribution in [0.15, 0.2) is 45.8 Å². The number of hydrogen-bond acceptors (Lipinski definition) is 5. The van der Waals surface area contributed by atoms with Crippen molar-refractivity contribution in [1.29, 1.82) is 0 Å². The summed E-state index contributed by atoms with van der Waals surface area (Å²) in [5, 5.41) is 0. The number of benzene rings is 2. The molecule has 1 saturated heterocycles. The van der Waals surface area contributed by atoms with E-state index in [1.54, 1.807) is 36.3 Å². The average Bonchev–Trinajstić information content (AvgIpc) is 2.96. The lowest BCUT2D eigenvalue weighted by molar-refractivity contribution is -0.122. The maximum atomic E-state index is 13.1. The number of ether oxygens (including phenoxy) is 2. The van der Waals surface area contributed by atoms with Gasteiger partial charge in [-0.05, 0) is 63.8 Å². The molecule has 8 heteroatoms. The first-order valence-corrected chi connectivity index (χ1v) is 10.9. The lowest BCUT2D eigenvalue weighted by Gasteiger charge is -2.14. The summed E-state index contributed by atoms with van der Waals surface area (Å²) in [6, 6.07) is 9.78. The molecule has 0 N–H and O–H groups in total. The first-order valence-electron chi connectivity index (χ1n) is 8.93. The zero-order valence-corrected chi connectivity index (χ0v) is 19.1. The molecule has 0 saturated carbocycles. The molecule has 3 rings (SSSR count). The van der Waals surface area contributed by atoms with Crippen LogP contribution >= 0.6 is 39.9 Å². The third-order valence-electron chi connectivity index (χ3n) is 4.17. The van der Waals surface area contributed by atoms with Crippen molar-refractivity contribution in [3.63, 3.8) is 0 Å². The Balaban J connectivity index is 1.82. The van der Waals surface area contributed by atoms with E-state index in [0.717, 1.165) is 17.5 Å². The van der Waals surface area contributed by atoms with Gasteiger partial charge in [0.15, 0.2) is 11.5 Å². The van der Waals surface area contributed by atoms with Crippen LogP contribution in [0.5, 0.6) is 11.5 Å². The van der Waals surface area contributed by atoms with Gasteiger partial charge < -0.3 is 9.47 Å². The predicted molar refractivity (Wildman–Crippen MR) is 122 cm³/mol. The molecule has 1 aliphatic heterocycles. The van der Waals surface area contributed by atoms with Gasteiger partial charge in [-0.15, -0.1) is 0 Å².